The molecule has 1 aliphatic rings. The van der Waals surface area contributed by atoms with Gasteiger partial charge in [0, 0.05) is 18.2 Å². The van der Waals surface area contributed by atoms with Gasteiger partial charge in [-0.2, -0.15) is 18.3 Å². The quantitative estimate of drug-likeness (QED) is 0.516. The molecular formula is C24H25F3N4O3. The predicted molar refractivity (Wildman–Crippen MR) is 122 cm³/mol. The summed E-state index contributed by atoms with van der Waals surface area (Å²) in [6, 6.07) is 9.26. The number of anilines is 2. The lowest BCUT2D eigenvalue weighted by molar-refractivity contribution is -0.173. The predicted octanol–water partition coefficient (Wildman–Crippen LogP) is 5.43. The van der Waals surface area contributed by atoms with Gasteiger partial charge in [-0.05, 0) is 54.8 Å². The van der Waals surface area contributed by atoms with E-state index in [1.165, 1.54) is 20.3 Å². The maximum atomic E-state index is 14.0. The standard InChI is InChI=1S/C24H25F3N4O3/c1-13-7-14(2)9-16(8-13)28-23(32)18-12-22-29-17(11-21(24(25,26)27)31(22)30-18)15-5-6-19(33-3)20(10-15)34-4/h5-10,12,17,21,29H,11H2,1-4H3,(H,28,32)/t17-,21+/m1/s1. The van der Waals surface area contributed by atoms with Crippen LogP contribution < -0.4 is 20.1 Å². The largest absolute Gasteiger partial charge is 0.493 e. The second-order valence-corrected chi connectivity index (χ2v) is 8.29. The maximum Gasteiger partial charge on any atom is 0.410 e. The van der Waals surface area contributed by atoms with E-state index in [9.17, 15) is 18.0 Å². The van der Waals surface area contributed by atoms with Gasteiger partial charge >= 0.3 is 6.18 Å². The fraction of sp³-hybridized carbons (Fsp3) is 0.333. The van der Waals surface area contributed by atoms with E-state index in [4.69, 9.17) is 9.47 Å². The molecule has 7 nitrogen and oxygen atoms in total. The van der Waals surface area contributed by atoms with Crippen LogP contribution in [0.5, 0.6) is 11.5 Å². The van der Waals surface area contributed by atoms with Gasteiger partial charge in [0.25, 0.3) is 5.91 Å². The highest BCUT2D eigenvalue weighted by Crippen LogP contribution is 2.44. The van der Waals surface area contributed by atoms with Crippen LogP contribution in [0, 0.1) is 13.8 Å². The minimum absolute atomic E-state index is 0.108. The average molecular weight is 474 g/mol. The van der Waals surface area contributed by atoms with E-state index in [2.05, 4.69) is 15.7 Å². The van der Waals surface area contributed by atoms with Crippen LogP contribution >= 0.6 is 0 Å². The number of hydrogen-bond donors (Lipinski definition) is 2. The Morgan fingerprint density at radius 2 is 1.74 bits per heavy atom. The summed E-state index contributed by atoms with van der Waals surface area (Å²) in [5, 5.41) is 9.81. The first kappa shape index (κ1) is 23.5. The van der Waals surface area contributed by atoms with Crippen molar-refractivity contribution in [1.29, 1.82) is 0 Å². The van der Waals surface area contributed by atoms with Crippen LogP contribution in [0.15, 0.2) is 42.5 Å². The number of ether oxygens (including phenoxy) is 2. The molecule has 0 fully saturated rings. The molecule has 2 N–H and O–H groups in total. The first-order valence-corrected chi connectivity index (χ1v) is 10.6. The van der Waals surface area contributed by atoms with Crippen LogP contribution in [0.1, 0.15) is 45.7 Å². The Labute approximate surface area is 194 Å². The smallest absolute Gasteiger partial charge is 0.410 e. The summed E-state index contributed by atoms with van der Waals surface area (Å²) in [5.41, 5.74) is 2.95. The number of nitrogens with zero attached hydrogens (tertiary/aromatic N) is 2. The third kappa shape index (κ3) is 4.66. The number of carbonyl (C=O) groups excluding carboxylic acids is 1. The van der Waals surface area contributed by atoms with Gasteiger partial charge in [-0.3, -0.25) is 4.79 Å². The molecular weight excluding hydrogens is 449 g/mol. The van der Waals surface area contributed by atoms with Crippen molar-refractivity contribution < 1.29 is 27.4 Å². The molecule has 0 spiro atoms. The summed E-state index contributed by atoms with van der Waals surface area (Å²) in [5.74, 6) is 0.416. The van der Waals surface area contributed by atoms with E-state index in [1.54, 1.807) is 30.3 Å². The molecule has 180 valence electrons. The van der Waals surface area contributed by atoms with Crippen molar-refractivity contribution >= 4 is 17.4 Å². The average Bonchev–Trinajstić information content (AvgIpc) is 3.20. The van der Waals surface area contributed by atoms with Crippen molar-refractivity contribution in [3.8, 4) is 11.5 Å². The topological polar surface area (TPSA) is 77.4 Å². The fourth-order valence-electron chi connectivity index (χ4n) is 4.21. The molecule has 34 heavy (non-hydrogen) atoms. The molecule has 4 rings (SSSR count). The molecule has 0 bridgehead atoms. The minimum Gasteiger partial charge on any atom is -0.493 e. The molecule has 0 unspecified atom stereocenters. The first-order chi connectivity index (χ1) is 16.1. The molecule has 2 heterocycles. The molecule has 0 saturated heterocycles. The highest BCUT2D eigenvalue weighted by atomic mass is 19.4. The van der Waals surface area contributed by atoms with Crippen LogP contribution in [0.4, 0.5) is 24.7 Å². The third-order valence-electron chi connectivity index (χ3n) is 5.71. The van der Waals surface area contributed by atoms with Gasteiger partial charge in [0.15, 0.2) is 23.2 Å². The summed E-state index contributed by atoms with van der Waals surface area (Å²) in [6.07, 6.45) is -4.86. The lowest BCUT2D eigenvalue weighted by Gasteiger charge is -2.33. The fourth-order valence-corrected chi connectivity index (χ4v) is 4.21. The number of benzene rings is 2. The zero-order valence-corrected chi connectivity index (χ0v) is 19.2. The first-order valence-electron chi connectivity index (χ1n) is 10.6. The maximum absolute atomic E-state index is 14.0. The Balaban J connectivity index is 1.65. The van der Waals surface area contributed by atoms with Crippen LogP contribution in [-0.2, 0) is 0 Å². The Morgan fingerprint density at radius 3 is 2.35 bits per heavy atom. The van der Waals surface area contributed by atoms with E-state index in [-0.39, 0.29) is 17.9 Å². The minimum atomic E-state index is -4.56. The van der Waals surface area contributed by atoms with Gasteiger partial charge in [-0.25, -0.2) is 4.68 Å². The van der Waals surface area contributed by atoms with Gasteiger partial charge in [-0.1, -0.05) is 12.1 Å². The van der Waals surface area contributed by atoms with Crippen molar-refractivity contribution in [3.63, 3.8) is 0 Å². The number of rotatable bonds is 5. The molecule has 0 aliphatic carbocycles. The normalized spacial score (nSPS) is 17.5. The molecule has 0 saturated carbocycles. The summed E-state index contributed by atoms with van der Waals surface area (Å²) in [6.45, 7) is 3.79. The van der Waals surface area contributed by atoms with Crippen LogP contribution in [-0.4, -0.2) is 36.1 Å². The van der Waals surface area contributed by atoms with Crippen molar-refractivity contribution in [3.05, 3.63) is 64.8 Å². The van der Waals surface area contributed by atoms with Crippen LogP contribution in [0.3, 0.4) is 0 Å². The molecule has 1 amide bonds. The number of carbonyl (C=O) groups is 1. The molecule has 1 aliphatic heterocycles. The summed E-state index contributed by atoms with van der Waals surface area (Å²) in [7, 11) is 2.95. The number of aryl methyl sites for hydroxylation is 2. The van der Waals surface area contributed by atoms with E-state index in [0.717, 1.165) is 15.8 Å². The molecule has 0 radical (unpaired) electrons. The number of hydrogen-bond acceptors (Lipinski definition) is 5. The highest BCUT2D eigenvalue weighted by molar-refractivity contribution is 6.03. The van der Waals surface area contributed by atoms with Crippen LogP contribution in [0.2, 0.25) is 0 Å². The van der Waals surface area contributed by atoms with Gasteiger partial charge in [0.2, 0.25) is 0 Å². The van der Waals surface area contributed by atoms with Gasteiger partial charge in [-0.15, -0.1) is 0 Å². The number of halogens is 3. The van der Waals surface area contributed by atoms with Gasteiger partial charge in [0.05, 0.1) is 20.3 Å². The molecule has 10 heteroatoms. The zero-order chi connectivity index (χ0) is 24.6. The van der Waals surface area contributed by atoms with E-state index in [0.29, 0.717) is 22.7 Å². The molecule has 2 aromatic carbocycles. The monoisotopic (exact) mass is 474 g/mol. The molecule has 2 atom stereocenters. The highest BCUT2D eigenvalue weighted by Gasteiger charge is 2.47. The van der Waals surface area contributed by atoms with E-state index >= 15 is 0 Å². The Bertz CT molecular complexity index is 1200. The second-order valence-electron chi connectivity index (χ2n) is 8.29. The summed E-state index contributed by atoms with van der Waals surface area (Å²) >= 11 is 0. The van der Waals surface area contributed by atoms with Gasteiger partial charge in [0.1, 0.15) is 5.82 Å². The third-order valence-corrected chi connectivity index (χ3v) is 5.71. The van der Waals surface area contributed by atoms with Crippen molar-refractivity contribution in [2.45, 2.75) is 38.5 Å². The van der Waals surface area contributed by atoms with E-state index < -0.39 is 24.2 Å². The van der Waals surface area contributed by atoms with E-state index in [1.807, 2.05) is 19.9 Å². The number of alkyl halides is 3. The second kappa shape index (κ2) is 8.92. The Kier molecular flexibility index (Phi) is 6.16. The molecule has 1 aromatic heterocycles. The Morgan fingerprint density at radius 1 is 1.06 bits per heavy atom. The number of aromatic nitrogens is 2. The lowest BCUT2D eigenvalue weighted by Crippen LogP contribution is -2.35. The number of amides is 1. The summed E-state index contributed by atoms with van der Waals surface area (Å²) < 4.78 is 53.3. The Hall–Kier alpha value is -3.69. The lowest BCUT2D eigenvalue weighted by atomic mass is 9.96. The van der Waals surface area contributed by atoms with Gasteiger partial charge < -0.3 is 20.1 Å². The molecule has 3 aromatic rings. The zero-order valence-electron chi connectivity index (χ0n) is 19.2. The van der Waals surface area contributed by atoms with Crippen molar-refractivity contribution in [2.75, 3.05) is 24.9 Å². The van der Waals surface area contributed by atoms with Crippen molar-refractivity contribution in [2.24, 2.45) is 0 Å². The summed E-state index contributed by atoms with van der Waals surface area (Å²) in [4.78, 5) is 12.8. The van der Waals surface area contributed by atoms with Crippen LogP contribution in [0.25, 0.3) is 0 Å². The van der Waals surface area contributed by atoms with Crippen molar-refractivity contribution in [1.82, 2.24) is 9.78 Å². The SMILES string of the molecule is COc1ccc([C@H]2C[C@@H](C(F)(F)F)n3nc(C(=O)Nc4cc(C)cc(C)c4)cc3N2)cc1OC. The number of nitrogens with one attached hydrogen (secondary N) is 2. The number of methoxy groups -OCH3 is 2. The number of fused-ring (bicyclic) bond motifs is 1.